The zero-order valence-electron chi connectivity index (χ0n) is 9.97. The minimum absolute atomic E-state index is 0.214. The van der Waals surface area contributed by atoms with Gasteiger partial charge in [0, 0.05) is 16.8 Å². The van der Waals surface area contributed by atoms with Gasteiger partial charge in [0.2, 0.25) is 0 Å². The highest BCUT2D eigenvalue weighted by Gasteiger charge is 2.07. The summed E-state index contributed by atoms with van der Waals surface area (Å²) >= 11 is 5.75. The number of nitrogens with zero attached hydrogens (tertiary/aromatic N) is 1. The second kappa shape index (κ2) is 6.36. The van der Waals surface area contributed by atoms with E-state index in [4.69, 9.17) is 11.6 Å². The van der Waals surface area contributed by atoms with Crippen LogP contribution in [0.2, 0.25) is 5.02 Å². The molecule has 0 aromatic heterocycles. The first-order valence-electron chi connectivity index (χ1n) is 6.00. The van der Waals surface area contributed by atoms with E-state index in [1.807, 2.05) is 6.21 Å². The van der Waals surface area contributed by atoms with Crippen molar-refractivity contribution in [2.45, 2.75) is 19.3 Å². The molecule has 18 heavy (non-hydrogen) atoms. The fourth-order valence-corrected chi connectivity index (χ4v) is 1.95. The van der Waals surface area contributed by atoms with Crippen LogP contribution in [0.1, 0.15) is 29.6 Å². The van der Waals surface area contributed by atoms with E-state index in [0.717, 1.165) is 19.3 Å². The number of hydrazone groups is 1. The summed E-state index contributed by atoms with van der Waals surface area (Å²) in [5, 5.41) is 4.62. The standard InChI is InChI=1S/C14H15ClN2O/c15-13-8-6-12(7-9-13)14(18)17-16-10-11-4-2-1-3-5-11/h1-2,6-11H,3-5H2,(H,17,18)/b16-10-/t11-/m0/s1. The van der Waals surface area contributed by atoms with E-state index < -0.39 is 0 Å². The lowest BCUT2D eigenvalue weighted by Crippen LogP contribution is -2.18. The molecule has 0 heterocycles. The summed E-state index contributed by atoms with van der Waals surface area (Å²) in [6, 6.07) is 6.73. The third-order valence-electron chi connectivity index (χ3n) is 2.87. The van der Waals surface area contributed by atoms with Crippen molar-refractivity contribution in [2.75, 3.05) is 0 Å². The maximum absolute atomic E-state index is 11.7. The molecule has 1 aliphatic carbocycles. The van der Waals surface area contributed by atoms with Crippen molar-refractivity contribution in [3.05, 3.63) is 47.0 Å². The van der Waals surface area contributed by atoms with Gasteiger partial charge in [-0.15, -0.1) is 0 Å². The van der Waals surface area contributed by atoms with Crippen molar-refractivity contribution in [3.8, 4) is 0 Å². The first-order valence-corrected chi connectivity index (χ1v) is 6.37. The van der Waals surface area contributed by atoms with Crippen molar-refractivity contribution in [3.63, 3.8) is 0 Å². The van der Waals surface area contributed by atoms with E-state index in [-0.39, 0.29) is 5.91 Å². The molecule has 0 unspecified atom stereocenters. The molecule has 1 amide bonds. The van der Waals surface area contributed by atoms with Crippen LogP contribution >= 0.6 is 11.6 Å². The molecule has 1 aromatic carbocycles. The maximum Gasteiger partial charge on any atom is 0.271 e. The third-order valence-corrected chi connectivity index (χ3v) is 3.12. The number of carbonyl (C=O) groups is 1. The van der Waals surface area contributed by atoms with Gasteiger partial charge < -0.3 is 0 Å². The molecule has 2 rings (SSSR count). The number of carbonyl (C=O) groups excluding carboxylic acids is 1. The van der Waals surface area contributed by atoms with E-state index in [2.05, 4.69) is 22.7 Å². The molecule has 0 spiro atoms. The Balaban J connectivity index is 1.86. The fraction of sp³-hybridized carbons (Fsp3) is 0.286. The summed E-state index contributed by atoms with van der Waals surface area (Å²) in [7, 11) is 0. The first-order chi connectivity index (χ1) is 8.75. The van der Waals surface area contributed by atoms with Gasteiger partial charge in [0.25, 0.3) is 5.91 Å². The Morgan fingerprint density at radius 1 is 1.33 bits per heavy atom. The Hall–Kier alpha value is -1.61. The minimum atomic E-state index is -0.214. The molecule has 3 nitrogen and oxygen atoms in total. The van der Waals surface area contributed by atoms with Crippen LogP contribution in [0.25, 0.3) is 0 Å². The Morgan fingerprint density at radius 3 is 2.78 bits per heavy atom. The Labute approximate surface area is 112 Å². The second-order valence-corrected chi connectivity index (χ2v) is 4.71. The van der Waals surface area contributed by atoms with Crippen LogP contribution in [0, 0.1) is 5.92 Å². The normalized spacial score (nSPS) is 19.1. The van der Waals surface area contributed by atoms with Gasteiger partial charge >= 0.3 is 0 Å². The van der Waals surface area contributed by atoms with Crippen LogP contribution < -0.4 is 5.43 Å². The lowest BCUT2D eigenvalue weighted by atomic mass is 9.96. The number of rotatable bonds is 3. The number of benzene rings is 1. The number of amides is 1. The molecule has 1 atom stereocenters. The number of hydrogen-bond donors (Lipinski definition) is 1. The first kappa shape index (κ1) is 12.8. The second-order valence-electron chi connectivity index (χ2n) is 4.27. The summed E-state index contributed by atoms with van der Waals surface area (Å²) in [4.78, 5) is 11.7. The predicted molar refractivity (Wildman–Crippen MR) is 73.9 cm³/mol. The molecule has 4 heteroatoms. The molecule has 0 saturated heterocycles. The van der Waals surface area contributed by atoms with E-state index in [9.17, 15) is 4.79 Å². The van der Waals surface area contributed by atoms with Crippen LogP contribution in [0.4, 0.5) is 0 Å². The van der Waals surface area contributed by atoms with Gasteiger partial charge in [-0.2, -0.15) is 5.10 Å². The molecular weight excluding hydrogens is 248 g/mol. The number of allylic oxidation sites excluding steroid dienone is 2. The highest BCUT2D eigenvalue weighted by molar-refractivity contribution is 6.30. The molecule has 94 valence electrons. The van der Waals surface area contributed by atoms with Crippen LogP contribution in [0.5, 0.6) is 0 Å². The maximum atomic E-state index is 11.7. The van der Waals surface area contributed by atoms with Crippen LogP contribution in [0.15, 0.2) is 41.5 Å². The summed E-state index contributed by atoms with van der Waals surface area (Å²) in [6.07, 6.45) is 9.33. The minimum Gasteiger partial charge on any atom is -0.267 e. The molecule has 0 bridgehead atoms. The SMILES string of the molecule is O=C(N/N=C\[C@H]1CC=CCC1)c1ccc(Cl)cc1. The van der Waals surface area contributed by atoms with Crippen molar-refractivity contribution in [1.82, 2.24) is 5.43 Å². The molecule has 1 N–H and O–H groups in total. The fourth-order valence-electron chi connectivity index (χ4n) is 1.82. The predicted octanol–water partition coefficient (Wildman–Crippen LogP) is 3.41. The molecular formula is C14H15ClN2O. The van der Waals surface area contributed by atoms with Crippen molar-refractivity contribution in [2.24, 2.45) is 11.0 Å². The highest BCUT2D eigenvalue weighted by atomic mass is 35.5. The van der Waals surface area contributed by atoms with Crippen molar-refractivity contribution in [1.29, 1.82) is 0 Å². The average Bonchev–Trinajstić information content (AvgIpc) is 2.40. The van der Waals surface area contributed by atoms with E-state index >= 15 is 0 Å². The van der Waals surface area contributed by atoms with Gasteiger partial charge in [0.05, 0.1) is 0 Å². The molecule has 0 fully saturated rings. The largest absolute Gasteiger partial charge is 0.271 e. The molecule has 0 saturated carbocycles. The molecule has 1 aliphatic rings. The van der Waals surface area contributed by atoms with Gasteiger partial charge in [-0.1, -0.05) is 23.8 Å². The summed E-state index contributed by atoms with van der Waals surface area (Å²) < 4.78 is 0. The Morgan fingerprint density at radius 2 is 2.11 bits per heavy atom. The quantitative estimate of drug-likeness (QED) is 0.506. The van der Waals surface area contributed by atoms with Crippen LogP contribution in [-0.2, 0) is 0 Å². The van der Waals surface area contributed by atoms with E-state index in [0.29, 0.717) is 16.5 Å². The van der Waals surface area contributed by atoms with Gasteiger partial charge in [0.15, 0.2) is 0 Å². The van der Waals surface area contributed by atoms with Gasteiger partial charge in [-0.3, -0.25) is 4.79 Å². The zero-order valence-corrected chi connectivity index (χ0v) is 10.7. The van der Waals surface area contributed by atoms with Gasteiger partial charge in [0.1, 0.15) is 0 Å². The van der Waals surface area contributed by atoms with E-state index in [1.165, 1.54) is 0 Å². The van der Waals surface area contributed by atoms with Crippen LogP contribution in [-0.4, -0.2) is 12.1 Å². The highest BCUT2D eigenvalue weighted by Crippen LogP contribution is 2.15. The van der Waals surface area contributed by atoms with E-state index in [1.54, 1.807) is 24.3 Å². The van der Waals surface area contributed by atoms with Crippen LogP contribution in [0.3, 0.4) is 0 Å². The van der Waals surface area contributed by atoms with Gasteiger partial charge in [-0.05, 0) is 49.4 Å². The Kier molecular flexibility index (Phi) is 4.53. The topological polar surface area (TPSA) is 41.5 Å². The molecule has 1 aromatic rings. The van der Waals surface area contributed by atoms with Crippen molar-refractivity contribution >= 4 is 23.7 Å². The average molecular weight is 263 g/mol. The molecule has 0 radical (unpaired) electrons. The lowest BCUT2D eigenvalue weighted by molar-refractivity contribution is 0.0955. The summed E-state index contributed by atoms with van der Waals surface area (Å²) in [6.45, 7) is 0. The molecule has 0 aliphatic heterocycles. The number of halogens is 1. The Bertz CT molecular complexity index is 465. The zero-order chi connectivity index (χ0) is 12.8. The lowest BCUT2D eigenvalue weighted by Gasteiger charge is -2.11. The summed E-state index contributed by atoms with van der Waals surface area (Å²) in [5.41, 5.74) is 3.08. The number of nitrogens with one attached hydrogen (secondary N) is 1. The summed E-state index contributed by atoms with van der Waals surface area (Å²) in [5.74, 6) is 0.217. The third kappa shape index (κ3) is 3.70. The van der Waals surface area contributed by atoms with Crippen molar-refractivity contribution < 1.29 is 4.79 Å². The van der Waals surface area contributed by atoms with Gasteiger partial charge in [-0.25, -0.2) is 5.43 Å². The number of hydrogen-bond acceptors (Lipinski definition) is 2. The monoisotopic (exact) mass is 262 g/mol. The smallest absolute Gasteiger partial charge is 0.267 e.